The molecule has 332 valence electrons. The molecular formula is C70H52. The average molecular weight is 893 g/mol. The maximum absolute atomic E-state index is 2.37. The highest BCUT2D eigenvalue weighted by molar-refractivity contribution is 5.93. The second-order valence-electron chi connectivity index (χ2n) is 18.5. The van der Waals surface area contributed by atoms with Crippen LogP contribution in [0.1, 0.15) is 72.7 Å². The third-order valence-corrected chi connectivity index (χ3v) is 15.0. The van der Waals surface area contributed by atoms with E-state index in [1.54, 1.807) is 0 Å². The standard InChI is InChI=1S/C25H18.C25H20.C20H14/c1-3-11-19(12-4-1)25(20-13-5-2-6-14-20)23-17-9-7-15-21(23)22-16-8-10-18-24(22)25;1-5-13-21(14-6-1)25(22-15-7-2-8-16-22,23-17-9-3-10-18-23)24-19-11-4-12-20-24;1-2-8-14-13(7-1)19-15-9-3-5-11-17(15)20(14)18-12-6-4-10-16(18)19/h1-18H;1-20H;1-13,19H. The molecule has 70 heavy (non-hydrogen) atoms. The van der Waals surface area contributed by atoms with Gasteiger partial charge in [0.1, 0.15) is 0 Å². The van der Waals surface area contributed by atoms with Crippen molar-refractivity contribution in [2.24, 2.45) is 5.92 Å². The van der Waals surface area contributed by atoms with Gasteiger partial charge in [-0.3, -0.25) is 0 Å². The van der Waals surface area contributed by atoms with Gasteiger partial charge in [0.05, 0.1) is 10.8 Å². The molecule has 0 heterocycles. The van der Waals surface area contributed by atoms with Gasteiger partial charge in [-0.15, -0.1) is 0 Å². The summed E-state index contributed by atoms with van der Waals surface area (Å²) in [5, 5.41) is 0. The zero-order chi connectivity index (χ0) is 46.7. The summed E-state index contributed by atoms with van der Waals surface area (Å²) in [5.41, 5.74) is 21.4. The summed E-state index contributed by atoms with van der Waals surface area (Å²) in [7, 11) is 0. The molecule has 0 N–H and O–H groups in total. The van der Waals surface area contributed by atoms with Gasteiger partial charge in [-0.1, -0.05) is 303 Å². The van der Waals surface area contributed by atoms with Crippen LogP contribution >= 0.6 is 0 Å². The Balaban J connectivity index is 0.000000109. The Bertz CT molecular complexity index is 3100. The summed E-state index contributed by atoms with van der Waals surface area (Å²) in [6, 6.07) is 100. The quantitative estimate of drug-likeness (QED) is 0.146. The second kappa shape index (κ2) is 18.5. The van der Waals surface area contributed by atoms with E-state index in [-0.39, 0.29) is 10.8 Å². The van der Waals surface area contributed by atoms with E-state index >= 15 is 0 Å². The Kier molecular flexibility index (Phi) is 11.3. The monoisotopic (exact) mass is 892 g/mol. The van der Waals surface area contributed by atoms with Crippen LogP contribution < -0.4 is 0 Å². The van der Waals surface area contributed by atoms with Crippen LogP contribution in [0.25, 0.3) is 16.7 Å². The summed E-state index contributed by atoms with van der Waals surface area (Å²) in [5.74, 6) is 0.996. The molecule has 0 nitrogen and oxygen atoms in total. The fourth-order valence-electron chi connectivity index (χ4n) is 12.3. The average Bonchev–Trinajstić information content (AvgIpc) is 3.76. The molecule has 0 aromatic heterocycles. The van der Waals surface area contributed by atoms with Crippen molar-refractivity contribution in [2.45, 2.75) is 16.7 Å². The number of hydrogen-bond donors (Lipinski definition) is 0. The highest BCUT2D eigenvalue weighted by Crippen LogP contribution is 2.57. The van der Waals surface area contributed by atoms with E-state index < -0.39 is 0 Å². The molecule has 0 saturated heterocycles. The molecule has 0 radical (unpaired) electrons. The first-order valence-corrected chi connectivity index (χ1v) is 24.6. The molecule has 0 heteroatoms. The van der Waals surface area contributed by atoms with Crippen LogP contribution in [0.5, 0.6) is 0 Å². The van der Waals surface area contributed by atoms with Gasteiger partial charge in [0.25, 0.3) is 0 Å². The predicted octanol–water partition coefficient (Wildman–Crippen LogP) is 16.8. The topological polar surface area (TPSA) is 0 Å². The minimum atomic E-state index is -0.328. The van der Waals surface area contributed by atoms with Gasteiger partial charge >= 0.3 is 0 Å². The molecular weight excluding hydrogens is 841 g/mol. The van der Waals surface area contributed by atoms with E-state index in [1.165, 1.54) is 89.0 Å². The lowest BCUT2D eigenvalue weighted by Crippen LogP contribution is -2.30. The van der Waals surface area contributed by atoms with E-state index in [0.29, 0.717) is 11.8 Å². The zero-order valence-corrected chi connectivity index (χ0v) is 39.0. The summed E-state index contributed by atoms with van der Waals surface area (Å²) in [4.78, 5) is 0. The first-order chi connectivity index (χ1) is 34.8. The van der Waals surface area contributed by atoms with Crippen molar-refractivity contribution >= 4 is 5.57 Å². The lowest BCUT2D eigenvalue weighted by molar-refractivity contribution is 0.633. The van der Waals surface area contributed by atoms with Gasteiger partial charge in [-0.2, -0.15) is 0 Å². The van der Waals surface area contributed by atoms with E-state index in [1.807, 2.05) is 0 Å². The normalized spacial score (nSPS) is 15.9. The molecule has 15 rings (SSSR count). The van der Waals surface area contributed by atoms with Crippen LogP contribution in [0.15, 0.2) is 309 Å². The smallest absolute Gasteiger partial charge is 0.0713 e. The SMILES string of the molecule is C1=CC2=C3c4ccccc4C(c4ccccc43)C2C=C1.c1ccc(C(c2ccccc2)(c2ccccc2)c2ccccc2)cc1.c1ccc(C2(c3ccccc3)c3ccccc3-c3ccccc32)cc1. The van der Waals surface area contributed by atoms with Crippen molar-refractivity contribution in [1.29, 1.82) is 0 Å². The number of hydrogen-bond acceptors (Lipinski definition) is 0. The van der Waals surface area contributed by atoms with Crippen LogP contribution in [-0.2, 0) is 10.8 Å². The lowest BCUT2D eigenvalue weighted by Gasteiger charge is -2.42. The minimum Gasteiger partial charge on any atom is -0.0760 e. The second-order valence-corrected chi connectivity index (χ2v) is 18.5. The fraction of sp³-hybridized carbons (Fsp3) is 0.0571. The van der Waals surface area contributed by atoms with Crippen molar-refractivity contribution in [3.63, 3.8) is 0 Å². The van der Waals surface area contributed by atoms with Gasteiger partial charge in [0, 0.05) is 11.8 Å². The molecule has 1 unspecified atom stereocenters. The molecule has 5 aliphatic carbocycles. The molecule has 0 fully saturated rings. The zero-order valence-electron chi connectivity index (χ0n) is 39.0. The summed E-state index contributed by atoms with van der Waals surface area (Å²) < 4.78 is 0. The van der Waals surface area contributed by atoms with Crippen LogP contribution in [0.2, 0.25) is 0 Å². The van der Waals surface area contributed by atoms with Gasteiger partial charge in [0.2, 0.25) is 0 Å². The molecule has 5 aliphatic rings. The molecule has 10 aromatic carbocycles. The molecule has 2 bridgehead atoms. The van der Waals surface area contributed by atoms with E-state index in [9.17, 15) is 0 Å². The van der Waals surface area contributed by atoms with E-state index in [0.717, 1.165) is 0 Å². The van der Waals surface area contributed by atoms with Gasteiger partial charge < -0.3 is 0 Å². The lowest BCUT2D eigenvalue weighted by atomic mass is 9.60. The number of allylic oxidation sites excluding steroid dienone is 5. The van der Waals surface area contributed by atoms with Gasteiger partial charge in [-0.25, -0.2) is 0 Å². The summed E-state index contributed by atoms with van der Waals surface area (Å²) in [6.07, 6.45) is 9.04. The molecule has 0 aliphatic heterocycles. The Hall–Kier alpha value is -8.58. The van der Waals surface area contributed by atoms with Crippen molar-refractivity contribution < 1.29 is 0 Å². The Morgan fingerprint density at radius 1 is 0.300 bits per heavy atom. The van der Waals surface area contributed by atoms with Crippen LogP contribution in [0.4, 0.5) is 0 Å². The summed E-state index contributed by atoms with van der Waals surface area (Å²) >= 11 is 0. The van der Waals surface area contributed by atoms with Crippen molar-refractivity contribution in [3.05, 3.63) is 376 Å². The number of fused-ring (bicyclic) bond motifs is 3. The molecule has 0 saturated carbocycles. The minimum absolute atomic E-state index is 0.254. The Labute approximate surface area is 413 Å². The maximum atomic E-state index is 2.37. The van der Waals surface area contributed by atoms with Gasteiger partial charge in [-0.05, 0) is 89.0 Å². The van der Waals surface area contributed by atoms with E-state index in [2.05, 4.69) is 303 Å². The van der Waals surface area contributed by atoms with Crippen molar-refractivity contribution in [1.82, 2.24) is 0 Å². The van der Waals surface area contributed by atoms with Crippen LogP contribution in [0, 0.1) is 5.92 Å². The van der Waals surface area contributed by atoms with Gasteiger partial charge in [0.15, 0.2) is 0 Å². The molecule has 10 aromatic rings. The largest absolute Gasteiger partial charge is 0.0760 e. The van der Waals surface area contributed by atoms with Crippen molar-refractivity contribution in [2.75, 3.05) is 0 Å². The Morgan fingerprint density at radius 3 is 1.03 bits per heavy atom. The third kappa shape index (κ3) is 6.98. The van der Waals surface area contributed by atoms with Crippen LogP contribution in [-0.4, -0.2) is 0 Å². The first kappa shape index (κ1) is 42.8. The number of rotatable bonds is 6. The first-order valence-electron chi connectivity index (χ1n) is 24.6. The number of benzene rings is 10. The highest BCUT2D eigenvalue weighted by atomic mass is 14.5. The third-order valence-electron chi connectivity index (χ3n) is 15.0. The Morgan fingerprint density at radius 2 is 0.629 bits per heavy atom. The van der Waals surface area contributed by atoms with E-state index in [4.69, 9.17) is 0 Å². The summed E-state index contributed by atoms with van der Waals surface area (Å²) in [6.45, 7) is 0. The van der Waals surface area contributed by atoms with Crippen LogP contribution in [0.3, 0.4) is 0 Å². The van der Waals surface area contributed by atoms with Crippen molar-refractivity contribution in [3.8, 4) is 11.1 Å². The highest BCUT2D eigenvalue weighted by Gasteiger charge is 2.46. The molecule has 1 atom stereocenters. The molecule has 0 amide bonds. The predicted molar refractivity (Wildman–Crippen MR) is 291 cm³/mol. The maximum Gasteiger partial charge on any atom is 0.0713 e. The molecule has 0 spiro atoms. The fourth-order valence-corrected chi connectivity index (χ4v) is 12.3.